The Morgan fingerprint density at radius 3 is 1.15 bits per heavy atom. The van der Waals surface area contributed by atoms with E-state index in [1.165, 1.54) is 61.4 Å². The van der Waals surface area contributed by atoms with Crippen LogP contribution in [0.5, 0.6) is 0 Å². The number of benzene rings is 5. The lowest BCUT2D eigenvalue weighted by molar-refractivity contribution is 0.0697. The largest absolute Gasteiger partial charge is 0.478 e. The number of aryl methyl sites for hydroxylation is 2. The average Bonchev–Trinajstić information content (AvgIpc) is 3.15. The van der Waals surface area contributed by atoms with Gasteiger partial charge in [0.1, 0.15) is 0 Å². The summed E-state index contributed by atoms with van der Waals surface area (Å²) in [5.74, 6) is -1.02. The molecule has 0 atom stereocenters. The summed E-state index contributed by atoms with van der Waals surface area (Å²) in [5.41, 5.74) is 62.2. The fourth-order valence-corrected chi connectivity index (χ4v) is 6.89. The number of carbonyl (C=O) groups is 1. The van der Waals surface area contributed by atoms with Gasteiger partial charge < -0.3 is 51.0 Å². The maximum atomic E-state index is 10.4. The highest BCUT2D eigenvalue weighted by molar-refractivity contribution is 5.90. The van der Waals surface area contributed by atoms with Crippen molar-refractivity contribution in [1.29, 1.82) is 0 Å². The fraction of sp³-hybridized carbons (Fsp3) is 0.295. The first kappa shape index (κ1) is 42.4. The van der Waals surface area contributed by atoms with Crippen LogP contribution in [0.3, 0.4) is 0 Å². The van der Waals surface area contributed by atoms with E-state index in [-0.39, 0.29) is 11.0 Å². The summed E-state index contributed by atoms with van der Waals surface area (Å²) < 4.78 is 0. The SMILES string of the molecule is Cc1c(C)c(N)c(C)c(C)c1N.Cc1cc(C)c(N)c(C)c1N.Nc1cc(N)cc(C(=O)O)c1.Nc1ccc(C2(c3ccc(N)cc3)CCCCC2)cc1. The monoisotopic (exact) mass is 732 g/mol. The molecule has 10 heteroatoms. The minimum absolute atomic E-state index is 0.113. The molecule has 0 bridgehead atoms. The summed E-state index contributed by atoms with van der Waals surface area (Å²) in [6.07, 6.45) is 6.33. The van der Waals surface area contributed by atoms with Crippen LogP contribution in [0, 0.1) is 48.5 Å². The van der Waals surface area contributed by atoms with Crippen LogP contribution in [0.25, 0.3) is 0 Å². The first-order valence-corrected chi connectivity index (χ1v) is 18.1. The van der Waals surface area contributed by atoms with E-state index >= 15 is 0 Å². The van der Waals surface area contributed by atoms with Crippen molar-refractivity contribution in [2.75, 3.05) is 45.9 Å². The lowest BCUT2D eigenvalue weighted by Crippen LogP contribution is -2.30. The number of rotatable bonds is 3. The standard InChI is InChI=1S/C18H22N2.C10H16N2.C9H14N2.C7H8N2O2/c19-16-8-4-14(5-9-16)18(12-2-1-3-13-18)15-6-10-17(20)11-7-15;1-5-6(2)10(12)8(4)7(3)9(5)11;1-5-4-6(2)9(11)7(3)8(5)10;8-5-1-4(7(10)11)2-6(9)3-5/h4-11H,1-3,12-13,19-20H2;11-12H2,1-4H3;4H,10-11H2,1-3H3;1-3H,8-9H2,(H,10,11). The van der Waals surface area contributed by atoms with Crippen LogP contribution in [0.15, 0.2) is 72.8 Å². The Morgan fingerprint density at radius 1 is 0.463 bits per heavy atom. The molecule has 0 unspecified atom stereocenters. The zero-order valence-corrected chi connectivity index (χ0v) is 32.9. The molecule has 0 heterocycles. The van der Waals surface area contributed by atoms with Gasteiger partial charge in [-0.05, 0) is 154 Å². The van der Waals surface area contributed by atoms with Gasteiger partial charge in [0.2, 0.25) is 0 Å². The van der Waals surface area contributed by atoms with Crippen molar-refractivity contribution in [2.24, 2.45) is 0 Å². The highest BCUT2D eigenvalue weighted by atomic mass is 16.4. The summed E-state index contributed by atoms with van der Waals surface area (Å²) in [7, 11) is 0. The third-order valence-electron chi connectivity index (χ3n) is 10.7. The van der Waals surface area contributed by atoms with Gasteiger partial charge in [0.25, 0.3) is 0 Å². The molecule has 1 aliphatic carbocycles. The van der Waals surface area contributed by atoms with Crippen LogP contribution in [-0.4, -0.2) is 11.1 Å². The Kier molecular flexibility index (Phi) is 14.2. The van der Waals surface area contributed by atoms with Crippen molar-refractivity contribution in [2.45, 2.75) is 86.0 Å². The number of aromatic carboxylic acids is 1. The molecule has 0 amide bonds. The molecule has 54 heavy (non-hydrogen) atoms. The number of hydrogen-bond acceptors (Lipinski definition) is 9. The first-order valence-electron chi connectivity index (χ1n) is 18.1. The molecule has 5 aromatic carbocycles. The van der Waals surface area contributed by atoms with Crippen molar-refractivity contribution in [1.82, 2.24) is 0 Å². The second-order valence-electron chi connectivity index (χ2n) is 14.4. The zero-order chi connectivity index (χ0) is 40.5. The summed E-state index contributed by atoms with van der Waals surface area (Å²) in [5, 5.41) is 8.52. The Balaban J connectivity index is 0.000000202. The number of carboxylic acids is 1. The molecule has 1 fully saturated rings. The lowest BCUT2D eigenvalue weighted by Gasteiger charge is -2.38. The predicted octanol–water partition coefficient (Wildman–Crippen LogP) is 8.51. The first-order chi connectivity index (χ1) is 25.3. The molecule has 0 radical (unpaired) electrons. The molecular weight excluding hydrogens is 673 g/mol. The minimum atomic E-state index is -1.02. The molecule has 0 aliphatic heterocycles. The van der Waals surface area contributed by atoms with Crippen LogP contribution in [0.2, 0.25) is 0 Å². The number of nitrogens with two attached hydrogens (primary N) is 8. The molecule has 6 rings (SSSR count). The van der Waals surface area contributed by atoms with Gasteiger partial charge >= 0.3 is 5.97 Å². The van der Waals surface area contributed by atoms with Crippen LogP contribution in [-0.2, 0) is 5.41 Å². The van der Waals surface area contributed by atoms with Crippen molar-refractivity contribution in [3.63, 3.8) is 0 Å². The van der Waals surface area contributed by atoms with E-state index in [9.17, 15) is 4.79 Å². The molecule has 0 aromatic heterocycles. The van der Waals surface area contributed by atoms with E-state index in [1.54, 1.807) is 0 Å². The summed E-state index contributed by atoms with van der Waals surface area (Å²) in [4.78, 5) is 10.4. The normalized spacial score (nSPS) is 12.9. The van der Waals surface area contributed by atoms with E-state index in [4.69, 9.17) is 51.0 Å². The third kappa shape index (κ3) is 10.1. The predicted molar refractivity (Wildman–Crippen MR) is 231 cm³/mol. The average molecular weight is 733 g/mol. The Hall–Kier alpha value is -6.03. The van der Waals surface area contributed by atoms with Crippen LogP contribution < -0.4 is 45.9 Å². The van der Waals surface area contributed by atoms with Crippen molar-refractivity contribution >= 4 is 51.5 Å². The fourth-order valence-electron chi connectivity index (χ4n) is 6.89. The quantitative estimate of drug-likeness (QED) is 0.0800. The summed E-state index contributed by atoms with van der Waals surface area (Å²) >= 11 is 0. The number of anilines is 8. The van der Waals surface area contributed by atoms with Crippen molar-refractivity contribution in [3.05, 3.63) is 128 Å². The topological polar surface area (TPSA) is 245 Å². The second-order valence-corrected chi connectivity index (χ2v) is 14.4. The van der Waals surface area contributed by atoms with Gasteiger partial charge in [0.15, 0.2) is 0 Å². The molecule has 0 spiro atoms. The molecule has 1 aliphatic rings. The maximum absolute atomic E-state index is 10.4. The third-order valence-corrected chi connectivity index (χ3v) is 10.7. The molecule has 1 saturated carbocycles. The van der Waals surface area contributed by atoms with E-state index < -0.39 is 5.97 Å². The molecular formula is C44H60N8O2. The molecule has 17 N–H and O–H groups in total. The minimum Gasteiger partial charge on any atom is -0.478 e. The van der Waals surface area contributed by atoms with Gasteiger partial charge in [-0.25, -0.2) is 4.79 Å². The Morgan fingerprint density at radius 2 is 0.815 bits per heavy atom. The molecule has 5 aromatic rings. The van der Waals surface area contributed by atoms with Gasteiger partial charge in [-0.3, -0.25) is 0 Å². The van der Waals surface area contributed by atoms with E-state index in [0.29, 0.717) is 11.4 Å². The maximum Gasteiger partial charge on any atom is 0.335 e. The van der Waals surface area contributed by atoms with Crippen LogP contribution >= 0.6 is 0 Å². The Bertz CT molecular complexity index is 1870. The smallest absolute Gasteiger partial charge is 0.335 e. The van der Waals surface area contributed by atoms with Crippen molar-refractivity contribution < 1.29 is 9.90 Å². The van der Waals surface area contributed by atoms with E-state index in [1.807, 2.05) is 78.8 Å². The molecule has 10 nitrogen and oxygen atoms in total. The van der Waals surface area contributed by atoms with Gasteiger partial charge in [-0.1, -0.05) is 49.6 Å². The van der Waals surface area contributed by atoms with Crippen molar-refractivity contribution in [3.8, 4) is 0 Å². The van der Waals surface area contributed by atoms with Crippen LogP contribution in [0.4, 0.5) is 45.5 Å². The van der Waals surface area contributed by atoms with E-state index in [0.717, 1.165) is 73.1 Å². The highest BCUT2D eigenvalue weighted by Gasteiger charge is 2.35. The number of nitrogen functional groups attached to an aromatic ring is 8. The zero-order valence-electron chi connectivity index (χ0n) is 32.9. The van der Waals surface area contributed by atoms with Gasteiger partial charge in [0.05, 0.1) is 5.56 Å². The Labute approximate surface area is 320 Å². The van der Waals surface area contributed by atoms with Crippen LogP contribution in [0.1, 0.15) is 92.5 Å². The summed E-state index contributed by atoms with van der Waals surface area (Å²) in [6, 6.07) is 23.1. The number of carboxylic acid groups (broad SMARTS) is 1. The molecule has 288 valence electrons. The lowest BCUT2D eigenvalue weighted by atomic mass is 9.65. The molecule has 0 saturated heterocycles. The second kappa shape index (κ2) is 18.1. The number of hydrogen-bond donors (Lipinski definition) is 9. The van der Waals surface area contributed by atoms with Gasteiger partial charge in [-0.15, -0.1) is 0 Å². The summed E-state index contributed by atoms with van der Waals surface area (Å²) in [6.45, 7) is 14.0. The highest BCUT2D eigenvalue weighted by Crippen LogP contribution is 2.45. The van der Waals surface area contributed by atoms with Gasteiger partial charge in [0, 0.05) is 50.9 Å². The van der Waals surface area contributed by atoms with Gasteiger partial charge in [-0.2, -0.15) is 0 Å². The van der Waals surface area contributed by atoms with E-state index in [2.05, 4.69) is 24.3 Å².